The number of benzene rings is 3. The van der Waals surface area contributed by atoms with Crippen LogP contribution in [0.25, 0.3) is 11.1 Å². The van der Waals surface area contributed by atoms with Crippen molar-refractivity contribution in [3.8, 4) is 17.2 Å². The zero-order chi connectivity index (χ0) is 18.3. The molecule has 4 rings (SSSR count). The van der Waals surface area contributed by atoms with Crippen molar-refractivity contribution in [2.24, 2.45) is 0 Å². The number of fused-ring (bicyclic) bond motifs is 1. The molecule has 1 heterocycles. The van der Waals surface area contributed by atoms with Crippen LogP contribution in [0.3, 0.4) is 0 Å². The average molecular weight is 339 g/mol. The Hall–Kier alpha value is -3.25. The number of nitriles is 1. The van der Waals surface area contributed by atoms with Crippen molar-refractivity contribution in [3.05, 3.63) is 77.9 Å². The van der Waals surface area contributed by atoms with Gasteiger partial charge in [0.05, 0.1) is 16.9 Å². The number of hydrogen-bond acceptors (Lipinski definition) is 3. The van der Waals surface area contributed by atoms with Crippen molar-refractivity contribution in [1.82, 2.24) is 0 Å². The number of hydrogen-bond donors (Lipinski definition) is 0. The lowest BCUT2D eigenvalue weighted by Crippen LogP contribution is -2.36. The van der Waals surface area contributed by atoms with E-state index in [-0.39, 0.29) is 6.17 Å². The lowest BCUT2D eigenvalue weighted by atomic mass is 10.0. The highest BCUT2D eigenvalue weighted by Crippen LogP contribution is 2.46. The minimum atomic E-state index is 0.153. The summed E-state index contributed by atoms with van der Waals surface area (Å²) in [5.74, 6) is 0. The Morgan fingerprint density at radius 2 is 1.65 bits per heavy atom. The summed E-state index contributed by atoms with van der Waals surface area (Å²) in [5.41, 5.74) is 7.67. The third-order valence-corrected chi connectivity index (χ3v) is 5.25. The molecule has 26 heavy (non-hydrogen) atoms. The van der Waals surface area contributed by atoms with Gasteiger partial charge in [-0.05, 0) is 54.8 Å². The lowest BCUT2D eigenvalue weighted by Gasteiger charge is -2.29. The molecule has 1 aliphatic rings. The van der Waals surface area contributed by atoms with Crippen molar-refractivity contribution < 1.29 is 0 Å². The summed E-state index contributed by atoms with van der Waals surface area (Å²) >= 11 is 0. The Bertz CT molecular complexity index is 1000. The van der Waals surface area contributed by atoms with Gasteiger partial charge >= 0.3 is 0 Å². The number of para-hydroxylation sites is 1. The summed E-state index contributed by atoms with van der Waals surface area (Å²) in [4.78, 5) is 4.50. The van der Waals surface area contributed by atoms with E-state index in [4.69, 9.17) is 0 Å². The van der Waals surface area contributed by atoms with Crippen LogP contribution in [0.5, 0.6) is 0 Å². The van der Waals surface area contributed by atoms with E-state index in [1.807, 2.05) is 18.2 Å². The molecule has 0 aromatic heterocycles. The summed E-state index contributed by atoms with van der Waals surface area (Å²) in [6.45, 7) is 4.33. The van der Waals surface area contributed by atoms with Gasteiger partial charge in [-0.15, -0.1) is 0 Å². The van der Waals surface area contributed by atoms with Crippen molar-refractivity contribution in [2.45, 2.75) is 20.0 Å². The monoisotopic (exact) mass is 339 g/mol. The van der Waals surface area contributed by atoms with Crippen LogP contribution in [0.2, 0.25) is 0 Å². The third-order valence-electron chi connectivity index (χ3n) is 5.25. The van der Waals surface area contributed by atoms with Crippen LogP contribution in [-0.2, 0) is 0 Å². The highest BCUT2D eigenvalue weighted by atomic mass is 15.4. The van der Waals surface area contributed by atoms with Gasteiger partial charge in [0.15, 0.2) is 0 Å². The van der Waals surface area contributed by atoms with E-state index in [0.717, 1.165) is 16.9 Å². The van der Waals surface area contributed by atoms with Gasteiger partial charge in [-0.3, -0.25) is 0 Å². The fourth-order valence-corrected chi connectivity index (χ4v) is 3.81. The van der Waals surface area contributed by atoms with E-state index in [1.165, 1.54) is 22.4 Å². The first-order valence-corrected chi connectivity index (χ1v) is 8.83. The van der Waals surface area contributed by atoms with Crippen LogP contribution in [0.1, 0.15) is 18.1 Å². The Morgan fingerprint density at radius 3 is 2.35 bits per heavy atom. The van der Waals surface area contributed by atoms with E-state index in [0.29, 0.717) is 0 Å². The standard InChI is InChI=1S/C23H21N3/c1-16-14-19(18-8-5-4-6-9-18)12-13-21(16)26-17(2)25(3)23-20(15-24)10-7-11-22(23)26/h4-14,17H,1-3H3/t17-/m0/s1. The van der Waals surface area contributed by atoms with Crippen molar-refractivity contribution in [2.75, 3.05) is 16.8 Å². The normalized spacial score (nSPS) is 15.7. The van der Waals surface area contributed by atoms with Crippen LogP contribution in [-0.4, -0.2) is 13.2 Å². The number of aryl methyl sites for hydroxylation is 1. The van der Waals surface area contributed by atoms with Gasteiger partial charge in [-0.1, -0.05) is 42.5 Å². The Morgan fingerprint density at radius 1 is 0.885 bits per heavy atom. The summed E-state index contributed by atoms with van der Waals surface area (Å²) in [6.07, 6.45) is 0.153. The second-order valence-electron chi connectivity index (χ2n) is 6.77. The molecule has 0 saturated heterocycles. The fourth-order valence-electron chi connectivity index (χ4n) is 3.81. The molecule has 0 unspecified atom stereocenters. The molecule has 0 bridgehead atoms. The summed E-state index contributed by atoms with van der Waals surface area (Å²) in [6, 6.07) is 25.3. The molecule has 1 atom stereocenters. The first kappa shape index (κ1) is 16.2. The van der Waals surface area contributed by atoms with Gasteiger partial charge in [-0.2, -0.15) is 5.26 Å². The molecule has 3 nitrogen and oxygen atoms in total. The van der Waals surface area contributed by atoms with Crippen LogP contribution >= 0.6 is 0 Å². The molecule has 3 heteroatoms. The molecule has 0 aliphatic carbocycles. The molecule has 0 amide bonds. The highest BCUT2D eigenvalue weighted by Gasteiger charge is 2.34. The Balaban J connectivity index is 1.81. The zero-order valence-corrected chi connectivity index (χ0v) is 15.3. The van der Waals surface area contributed by atoms with Crippen molar-refractivity contribution in [1.29, 1.82) is 5.26 Å². The average Bonchev–Trinajstić information content (AvgIpc) is 2.93. The molecule has 0 fully saturated rings. The van der Waals surface area contributed by atoms with E-state index >= 15 is 0 Å². The molecule has 1 aliphatic heterocycles. The molecular formula is C23H21N3. The molecule has 128 valence electrons. The van der Waals surface area contributed by atoms with Crippen LogP contribution in [0.4, 0.5) is 17.1 Å². The quantitative estimate of drug-likeness (QED) is 0.620. The largest absolute Gasteiger partial charge is 0.351 e. The van der Waals surface area contributed by atoms with E-state index in [2.05, 4.69) is 85.3 Å². The molecule has 0 radical (unpaired) electrons. The van der Waals surface area contributed by atoms with Gasteiger partial charge in [0, 0.05) is 12.7 Å². The topological polar surface area (TPSA) is 30.3 Å². The molecule has 0 N–H and O–H groups in total. The molecule has 3 aromatic rings. The Kier molecular flexibility index (Phi) is 3.89. The van der Waals surface area contributed by atoms with E-state index in [9.17, 15) is 5.26 Å². The number of rotatable bonds is 2. The summed E-state index contributed by atoms with van der Waals surface area (Å²) in [5, 5.41) is 9.48. The zero-order valence-electron chi connectivity index (χ0n) is 15.3. The van der Waals surface area contributed by atoms with Gasteiger partial charge < -0.3 is 9.80 Å². The molecule has 0 spiro atoms. The van der Waals surface area contributed by atoms with Crippen molar-refractivity contribution >= 4 is 17.1 Å². The van der Waals surface area contributed by atoms with E-state index in [1.54, 1.807) is 0 Å². The van der Waals surface area contributed by atoms with Gasteiger partial charge in [-0.25, -0.2) is 0 Å². The lowest BCUT2D eigenvalue weighted by molar-refractivity contribution is 0.732. The maximum atomic E-state index is 9.48. The predicted molar refractivity (Wildman–Crippen MR) is 108 cm³/mol. The van der Waals surface area contributed by atoms with Gasteiger partial charge in [0.1, 0.15) is 12.2 Å². The molecular weight excluding hydrogens is 318 g/mol. The number of nitrogens with zero attached hydrogens (tertiary/aromatic N) is 3. The van der Waals surface area contributed by atoms with Crippen LogP contribution < -0.4 is 9.80 Å². The summed E-state index contributed by atoms with van der Waals surface area (Å²) in [7, 11) is 2.05. The SMILES string of the molecule is Cc1cc(-c2ccccc2)ccc1N1c2cccc(C#N)c2N(C)[C@@H]1C. The van der Waals surface area contributed by atoms with Crippen LogP contribution in [0, 0.1) is 18.3 Å². The summed E-state index contributed by atoms with van der Waals surface area (Å²) < 4.78 is 0. The highest BCUT2D eigenvalue weighted by molar-refractivity contribution is 5.88. The van der Waals surface area contributed by atoms with Crippen molar-refractivity contribution in [3.63, 3.8) is 0 Å². The predicted octanol–water partition coefficient (Wildman–Crippen LogP) is 5.47. The van der Waals surface area contributed by atoms with Crippen LogP contribution in [0.15, 0.2) is 66.7 Å². The maximum Gasteiger partial charge on any atom is 0.103 e. The first-order valence-electron chi connectivity index (χ1n) is 8.83. The smallest absolute Gasteiger partial charge is 0.103 e. The second-order valence-corrected chi connectivity index (χ2v) is 6.77. The number of anilines is 3. The maximum absolute atomic E-state index is 9.48. The van der Waals surface area contributed by atoms with E-state index < -0.39 is 0 Å². The minimum Gasteiger partial charge on any atom is -0.351 e. The first-order chi connectivity index (χ1) is 12.6. The molecule has 0 saturated carbocycles. The Labute approximate surface area is 154 Å². The minimum absolute atomic E-state index is 0.153. The third kappa shape index (κ3) is 2.43. The van der Waals surface area contributed by atoms with Gasteiger partial charge in [0.25, 0.3) is 0 Å². The second kappa shape index (κ2) is 6.24. The molecule has 3 aromatic carbocycles. The fraction of sp³-hybridized carbons (Fsp3) is 0.174. The van der Waals surface area contributed by atoms with Gasteiger partial charge in [0.2, 0.25) is 0 Å².